The number of rotatable bonds is 11. The Balaban J connectivity index is 2.74. The fourth-order valence-electron chi connectivity index (χ4n) is 1.72. The van der Waals surface area contributed by atoms with Gasteiger partial charge in [-0.25, -0.2) is 0 Å². The van der Waals surface area contributed by atoms with E-state index >= 15 is 0 Å². The molecular formula is C15H24BrNO4. The summed E-state index contributed by atoms with van der Waals surface area (Å²) in [6, 6.07) is 4.00. The quantitative estimate of drug-likeness (QED) is 0.485. The van der Waals surface area contributed by atoms with Gasteiger partial charge in [0.1, 0.15) is 0 Å². The third-order valence-corrected chi connectivity index (χ3v) is 3.26. The van der Waals surface area contributed by atoms with Gasteiger partial charge in [0.15, 0.2) is 18.3 Å². The van der Waals surface area contributed by atoms with E-state index in [-0.39, 0.29) is 6.79 Å². The highest BCUT2D eigenvalue weighted by Crippen LogP contribution is 2.37. The first-order valence-corrected chi connectivity index (χ1v) is 7.87. The molecule has 0 amide bonds. The van der Waals surface area contributed by atoms with Crippen LogP contribution in [0.3, 0.4) is 0 Å². The Morgan fingerprint density at radius 3 is 2.62 bits per heavy atom. The van der Waals surface area contributed by atoms with Gasteiger partial charge in [-0.3, -0.25) is 0 Å². The molecule has 120 valence electrons. The molecule has 1 rings (SSSR count). The summed E-state index contributed by atoms with van der Waals surface area (Å²) in [6.45, 7) is 7.52. The van der Waals surface area contributed by atoms with Crippen molar-refractivity contribution in [1.29, 1.82) is 0 Å². The van der Waals surface area contributed by atoms with E-state index in [0.717, 1.165) is 28.9 Å². The summed E-state index contributed by atoms with van der Waals surface area (Å²) in [5.41, 5.74) is 1.12. The van der Waals surface area contributed by atoms with Crippen molar-refractivity contribution >= 4 is 15.9 Å². The van der Waals surface area contributed by atoms with E-state index < -0.39 is 0 Å². The van der Waals surface area contributed by atoms with Crippen molar-refractivity contribution in [3.63, 3.8) is 0 Å². The highest BCUT2D eigenvalue weighted by Gasteiger charge is 2.12. The van der Waals surface area contributed by atoms with Gasteiger partial charge in [0.05, 0.1) is 17.7 Å². The summed E-state index contributed by atoms with van der Waals surface area (Å²) >= 11 is 3.53. The van der Waals surface area contributed by atoms with Crippen molar-refractivity contribution in [3.05, 3.63) is 22.2 Å². The van der Waals surface area contributed by atoms with E-state index in [1.807, 2.05) is 26.0 Å². The lowest BCUT2D eigenvalue weighted by molar-refractivity contribution is 0.0201. The number of benzene rings is 1. The largest absolute Gasteiger partial charge is 0.490 e. The van der Waals surface area contributed by atoms with Gasteiger partial charge >= 0.3 is 0 Å². The smallest absolute Gasteiger partial charge is 0.189 e. The van der Waals surface area contributed by atoms with E-state index in [1.165, 1.54) is 0 Å². The summed E-state index contributed by atoms with van der Waals surface area (Å²) in [4.78, 5) is 0. The van der Waals surface area contributed by atoms with Crippen molar-refractivity contribution < 1.29 is 18.9 Å². The van der Waals surface area contributed by atoms with Crippen LogP contribution in [0.25, 0.3) is 0 Å². The second-order valence-electron chi connectivity index (χ2n) is 4.26. The van der Waals surface area contributed by atoms with Gasteiger partial charge in [0.25, 0.3) is 0 Å². The van der Waals surface area contributed by atoms with E-state index in [2.05, 4.69) is 21.2 Å². The average molecular weight is 362 g/mol. The van der Waals surface area contributed by atoms with Gasteiger partial charge in [-0.2, -0.15) is 0 Å². The van der Waals surface area contributed by atoms with Crippen LogP contribution in [0.2, 0.25) is 0 Å². The number of halogens is 1. The van der Waals surface area contributed by atoms with Crippen molar-refractivity contribution in [3.8, 4) is 11.5 Å². The van der Waals surface area contributed by atoms with E-state index in [4.69, 9.17) is 18.9 Å². The van der Waals surface area contributed by atoms with Crippen LogP contribution in [0, 0.1) is 0 Å². The molecule has 1 aromatic rings. The minimum Gasteiger partial charge on any atom is -0.490 e. The lowest BCUT2D eigenvalue weighted by Gasteiger charge is -2.15. The zero-order valence-corrected chi connectivity index (χ0v) is 14.5. The molecule has 0 bridgehead atoms. The third kappa shape index (κ3) is 6.65. The van der Waals surface area contributed by atoms with Gasteiger partial charge in [-0.05, 0) is 47.5 Å². The maximum atomic E-state index is 5.65. The summed E-state index contributed by atoms with van der Waals surface area (Å²) in [5.74, 6) is 1.39. The first kappa shape index (κ1) is 18.2. The highest BCUT2D eigenvalue weighted by molar-refractivity contribution is 9.10. The molecule has 1 aromatic carbocycles. The Bertz CT molecular complexity index is 415. The molecule has 5 nitrogen and oxygen atoms in total. The van der Waals surface area contributed by atoms with Crippen LogP contribution >= 0.6 is 15.9 Å². The van der Waals surface area contributed by atoms with Crippen molar-refractivity contribution in [2.75, 3.05) is 40.3 Å². The van der Waals surface area contributed by atoms with E-state index in [0.29, 0.717) is 25.6 Å². The number of nitrogens with one attached hydrogen (secondary N) is 1. The Labute approximate surface area is 135 Å². The molecule has 0 atom stereocenters. The van der Waals surface area contributed by atoms with Crippen LogP contribution in [0.4, 0.5) is 0 Å². The van der Waals surface area contributed by atoms with Gasteiger partial charge < -0.3 is 24.3 Å². The molecule has 21 heavy (non-hydrogen) atoms. The monoisotopic (exact) mass is 361 g/mol. The summed E-state index contributed by atoms with van der Waals surface area (Å²) in [6.07, 6.45) is 0. The number of hydrogen-bond donors (Lipinski definition) is 1. The van der Waals surface area contributed by atoms with Gasteiger partial charge in [0.2, 0.25) is 0 Å². The molecule has 0 heterocycles. The molecule has 0 aromatic heterocycles. The van der Waals surface area contributed by atoms with Crippen LogP contribution in [0.1, 0.15) is 19.4 Å². The second kappa shape index (κ2) is 10.8. The number of methoxy groups -OCH3 is 1. The summed E-state index contributed by atoms with van der Waals surface area (Å²) in [5, 5.41) is 3.30. The molecule has 6 heteroatoms. The van der Waals surface area contributed by atoms with Crippen molar-refractivity contribution in [1.82, 2.24) is 5.32 Å². The molecule has 0 fully saturated rings. The van der Waals surface area contributed by atoms with Gasteiger partial charge in [-0.15, -0.1) is 0 Å². The maximum absolute atomic E-state index is 5.65. The highest BCUT2D eigenvalue weighted by atomic mass is 79.9. The molecule has 0 aliphatic heterocycles. The molecule has 0 unspecified atom stereocenters. The fourth-order valence-corrected chi connectivity index (χ4v) is 2.32. The predicted octanol–water partition coefficient (Wildman–Crippen LogP) is 2.96. The van der Waals surface area contributed by atoms with E-state index in [1.54, 1.807) is 7.11 Å². The minimum atomic E-state index is 0.209. The Hall–Kier alpha value is -0.820. The Morgan fingerprint density at radius 2 is 1.95 bits per heavy atom. The summed E-state index contributed by atoms with van der Waals surface area (Å²) < 4.78 is 22.4. The zero-order chi connectivity index (χ0) is 15.5. The molecule has 0 aliphatic rings. The van der Waals surface area contributed by atoms with E-state index in [9.17, 15) is 0 Å². The van der Waals surface area contributed by atoms with Crippen molar-refractivity contribution in [2.45, 2.75) is 20.4 Å². The number of ether oxygens (including phenoxy) is 4. The Morgan fingerprint density at radius 1 is 1.14 bits per heavy atom. The molecule has 0 radical (unpaired) electrons. The molecule has 0 aliphatic carbocycles. The van der Waals surface area contributed by atoms with Gasteiger partial charge in [-0.1, -0.05) is 0 Å². The lowest BCUT2D eigenvalue weighted by Crippen LogP contribution is -2.18. The standard InChI is InChI=1S/C15H24BrNO4/c1-4-19-11-21-15-13(16)8-12(9-14(15)20-5-2)10-17-6-7-18-3/h8-9,17H,4-7,10-11H2,1-3H3. The van der Waals surface area contributed by atoms with Crippen LogP contribution in [0.5, 0.6) is 11.5 Å². The number of hydrogen-bond acceptors (Lipinski definition) is 5. The molecule has 0 saturated carbocycles. The SMILES string of the molecule is CCOCOc1c(Br)cc(CNCCOC)cc1OCC. The third-order valence-electron chi connectivity index (χ3n) is 2.67. The van der Waals surface area contributed by atoms with Crippen molar-refractivity contribution in [2.24, 2.45) is 0 Å². The average Bonchev–Trinajstić information content (AvgIpc) is 2.47. The normalized spacial score (nSPS) is 10.7. The molecule has 0 spiro atoms. The maximum Gasteiger partial charge on any atom is 0.189 e. The zero-order valence-electron chi connectivity index (χ0n) is 12.9. The van der Waals surface area contributed by atoms with Crippen LogP contribution in [0.15, 0.2) is 16.6 Å². The first-order valence-electron chi connectivity index (χ1n) is 7.08. The fraction of sp³-hybridized carbons (Fsp3) is 0.600. The molecule has 1 N–H and O–H groups in total. The van der Waals surface area contributed by atoms with Gasteiger partial charge in [0, 0.05) is 26.8 Å². The van der Waals surface area contributed by atoms with Crippen LogP contribution < -0.4 is 14.8 Å². The summed E-state index contributed by atoms with van der Waals surface area (Å²) in [7, 11) is 1.69. The lowest BCUT2D eigenvalue weighted by atomic mass is 10.2. The molecule has 0 saturated heterocycles. The Kier molecular flexibility index (Phi) is 9.41. The predicted molar refractivity (Wildman–Crippen MR) is 86.0 cm³/mol. The second-order valence-corrected chi connectivity index (χ2v) is 5.12. The topological polar surface area (TPSA) is 49.0 Å². The molecular weight excluding hydrogens is 338 g/mol. The first-order chi connectivity index (χ1) is 10.2. The van der Waals surface area contributed by atoms with Crippen LogP contribution in [-0.2, 0) is 16.0 Å². The van der Waals surface area contributed by atoms with Crippen LogP contribution in [-0.4, -0.2) is 40.3 Å². The minimum absolute atomic E-state index is 0.209.